The van der Waals surface area contributed by atoms with Gasteiger partial charge in [0.15, 0.2) is 11.6 Å². The van der Waals surface area contributed by atoms with E-state index in [4.69, 9.17) is 15.0 Å². The van der Waals surface area contributed by atoms with Gasteiger partial charge in [-0.05, 0) is 66.4 Å². The molecular weight excluding hydrogens is 715 g/mol. The normalized spacial score (nSPS) is 13.7. The van der Waals surface area contributed by atoms with Crippen LogP contribution in [0.2, 0.25) is 0 Å². The molecule has 13 rings (SSSR count). The number of nitrogens with zero attached hydrogens (tertiary/aromatic N) is 5. The molecular formula is C51H31N5S. The van der Waals surface area contributed by atoms with Gasteiger partial charge < -0.3 is 4.57 Å². The lowest BCUT2D eigenvalue weighted by Crippen LogP contribution is -2.06. The molecule has 0 N–H and O–H groups in total. The fourth-order valence-corrected chi connectivity index (χ4v) is 10.7. The standard InChI is InChI=1S/C51H31N5S/c1-2-14-30(15-3-1)49-52-50(31-26-27-45-38(28-31)35-19-9-13-25-44(35)57-45)54-51(53-49)56-42-24-12-8-21-37(42)46-43(56)29-39-34-18-7-11-23-41(34)55-40-22-10-6-17-33(40)32-16-4-5-20-36(32)47(46)48(39)55/h1-9,11-21,23-29H,10,22H2. The van der Waals surface area contributed by atoms with Crippen molar-refractivity contribution in [3.8, 4) is 39.9 Å². The molecule has 0 unspecified atom stereocenters. The van der Waals surface area contributed by atoms with E-state index in [-0.39, 0.29) is 0 Å². The first-order valence-electron chi connectivity index (χ1n) is 19.5. The number of hydrogen-bond acceptors (Lipinski definition) is 4. The van der Waals surface area contributed by atoms with Crippen molar-refractivity contribution in [1.82, 2.24) is 24.1 Å². The zero-order valence-electron chi connectivity index (χ0n) is 30.6. The fraction of sp³-hybridized carbons (Fsp3) is 0.0392. The number of thiophene rings is 1. The van der Waals surface area contributed by atoms with Crippen LogP contribution in [0, 0.1) is 0 Å². The summed E-state index contributed by atoms with van der Waals surface area (Å²) in [6, 6.07) is 54.6. The van der Waals surface area contributed by atoms with E-state index in [1.165, 1.54) is 80.7 Å². The monoisotopic (exact) mass is 745 g/mol. The van der Waals surface area contributed by atoms with Crippen LogP contribution < -0.4 is 0 Å². The Morgan fingerprint density at radius 2 is 1.18 bits per heavy atom. The van der Waals surface area contributed by atoms with E-state index in [1.54, 1.807) is 0 Å². The maximum Gasteiger partial charge on any atom is 0.238 e. The van der Waals surface area contributed by atoms with Gasteiger partial charge >= 0.3 is 0 Å². The highest BCUT2D eigenvalue weighted by Crippen LogP contribution is 2.52. The van der Waals surface area contributed by atoms with Gasteiger partial charge in [-0.3, -0.25) is 4.57 Å². The molecule has 0 spiro atoms. The molecule has 266 valence electrons. The highest BCUT2D eigenvalue weighted by Gasteiger charge is 2.30. The topological polar surface area (TPSA) is 48.5 Å². The second-order valence-corrected chi connectivity index (χ2v) is 16.1. The number of rotatable bonds is 3. The molecule has 0 atom stereocenters. The second kappa shape index (κ2) is 11.7. The highest BCUT2D eigenvalue weighted by atomic mass is 32.1. The molecule has 57 heavy (non-hydrogen) atoms. The number of fused-ring (bicyclic) bond motifs is 14. The SMILES string of the molecule is C1=CC2=C(CC1)n1c3ccccc3c3cc4c(c(c31)-c1ccccc12)c1ccccc1n4-c1nc(-c2ccccc2)nc(-c2ccc3sc4ccccc4c3c2)n1. The smallest absolute Gasteiger partial charge is 0.238 e. The summed E-state index contributed by atoms with van der Waals surface area (Å²) in [5.41, 5.74) is 13.0. The van der Waals surface area contributed by atoms with Gasteiger partial charge in [-0.2, -0.15) is 9.97 Å². The van der Waals surface area contributed by atoms with Crippen molar-refractivity contribution in [3.05, 3.63) is 169 Å². The Morgan fingerprint density at radius 3 is 2.04 bits per heavy atom. The van der Waals surface area contributed by atoms with Crippen LogP contribution in [0.4, 0.5) is 0 Å². The van der Waals surface area contributed by atoms with Crippen LogP contribution in [0.15, 0.2) is 164 Å². The van der Waals surface area contributed by atoms with Crippen molar-refractivity contribution in [2.45, 2.75) is 12.8 Å². The number of allylic oxidation sites excluding steroid dienone is 4. The number of aromatic nitrogens is 5. The molecule has 5 heterocycles. The fourth-order valence-electron chi connectivity index (χ4n) is 9.57. The van der Waals surface area contributed by atoms with Crippen molar-refractivity contribution in [2.24, 2.45) is 0 Å². The molecule has 0 amide bonds. The number of para-hydroxylation sites is 2. The van der Waals surface area contributed by atoms with Crippen LogP contribution in [0.1, 0.15) is 18.4 Å². The van der Waals surface area contributed by atoms with Gasteiger partial charge in [0.25, 0.3) is 0 Å². The van der Waals surface area contributed by atoms with E-state index >= 15 is 0 Å². The van der Waals surface area contributed by atoms with E-state index in [0.717, 1.165) is 35.0 Å². The van der Waals surface area contributed by atoms with Gasteiger partial charge in [-0.25, -0.2) is 4.98 Å². The molecule has 0 bridgehead atoms. The molecule has 0 fully saturated rings. The Kier molecular flexibility index (Phi) is 6.37. The van der Waals surface area contributed by atoms with E-state index in [1.807, 2.05) is 29.5 Å². The molecule has 1 aliphatic heterocycles. The molecule has 11 aromatic rings. The van der Waals surface area contributed by atoms with E-state index < -0.39 is 0 Å². The van der Waals surface area contributed by atoms with Gasteiger partial charge in [0.05, 0.1) is 22.1 Å². The molecule has 6 heteroatoms. The third-order valence-corrected chi connectivity index (χ3v) is 13.1. The van der Waals surface area contributed by atoms with Crippen LogP contribution >= 0.6 is 11.3 Å². The average Bonchev–Trinajstić information content (AvgIpc) is 3.90. The maximum atomic E-state index is 5.40. The van der Waals surface area contributed by atoms with Gasteiger partial charge in [0, 0.05) is 69.7 Å². The lowest BCUT2D eigenvalue weighted by molar-refractivity contribution is 0.954. The molecule has 5 nitrogen and oxygen atoms in total. The van der Waals surface area contributed by atoms with Crippen molar-refractivity contribution >= 4 is 86.4 Å². The Labute approximate surface area is 331 Å². The Bertz CT molecular complexity index is 3580. The minimum absolute atomic E-state index is 0.595. The van der Waals surface area contributed by atoms with E-state index in [0.29, 0.717) is 17.6 Å². The largest absolute Gasteiger partial charge is 0.312 e. The highest BCUT2D eigenvalue weighted by molar-refractivity contribution is 7.25. The van der Waals surface area contributed by atoms with Crippen LogP contribution in [0.25, 0.3) is 115 Å². The Morgan fingerprint density at radius 1 is 0.491 bits per heavy atom. The minimum Gasteiger partial charge on any atom is -0.312 e. The molecule has 0 radical (unpaired) electrons. The van der Waals surface area contributed by atoms with Gasteiger partial charge in [-0.15, -0.1) is 11.3 Å². The summed E-state index contributed by atoms with van der Waals surface area (Å²) >= 11 is 1.82. The first kappa shape index (κ1) is 31.1. The third-order valence-electron chi connectivity index (χ3n) is 12.0. The van der Waals surface area contributed by atoms with Crippen LogP contribution in [-0.4, -0.2) is 24.1 Å². The van der Waals surface area contributed by atoms with Crippen LogP contribution in [-0.2, 0) is 0 Å². The Balaban J connectivity index is 1.17. The van der Waals surface area contributed by atoms with Gasteiger partial charge in [-0.1, -0.05) is 121 Å². The molecule has 0 saturated heterocycles. The molecule has 7 aromatic carbocycles. The lowest BCUT2D eigenvalue weighted by Gasteiger charge is -2.18. The second-order valence-electron chi connectivity index (χ2n) is 15.1. The predicted molar refractivity (Wildman–Crippen MR) is 238 cm³/mol. The van der Waals surface area contributed by atoms with Gasteiger partial charge in [0.1, 0.15) is 0 Å². The lowest BCUT2D eigenvalue weighted by atomic mass is 9.89. The van der Waals surface area contributed by atoms with E-state index in [9.17, 15) is 0 Å². The van der Waals surface area contributed by atoms with Crippen molar-refractivity contribution in [2.75, 3.05) is 0 Å². The van der Waals surface area contributed by atoms with Crippen molar-refractivity contribution < 1.29 is 0 Å². The van der Waals surface area contributed by atoms with Crippen LogP contribution in [0.3, 0.4) is 0 Å². The molecule has 4 aromatic heterocycles. The maximum absolute atomic E-state index is 5.40. The molecule has 1 aliphatic carbocycles. The zero-order valence-corrected chi connectivity index (χ0v) is 31.5. The summed E-state index contributed by atoms with van der Waals surface area (Å²) in [4.78, 5) is 15.9. The quantitative estimate of drug-likeness (QED) is 0.181. The molecule has 0 saturated carbocycles. The number of hydrogen-bond donors (Lipinski definition) is 0. The summed E-state index contributed by atoms with van der Waals surface area (Å²) in [6.45, 7) is 0. The summed E-state index contributed by atoms with van der Waals surface area (Å²) in [7, 11) is 0. The molecule has 2 aliphatic rings. The first-order valence-corrected chi connectivity index (χ1v) is 20.3. The van der Waals surface area contributed by atoms with E-state index in [2.05, 4.69) is 155 Å². The van der Waals surface area contributed by atoms with Gasteiger partial charge in [0.2, 0.25) is 5.95 Å². The summed E-state index contributed by atoms with van der Waals surface area (Å²) < 4.78 is 7.38. The first-order chi connectivity index (χ1) is 28.3. The summed E-state index contributed by atoms with van der Waals surface area (Å²) in [5, 5.41) is 7.30. The van der Waals surface area contributed by atoms with Crippen LogP contribution in [0.5, 0.6) is 0 Å². The summed E-state index contributed by atoms with van der Waals surface area (Å²) in [5.74, 6) is 1.88. The summed E-state index contributed by atoms with van der Waals surface area (Å²) in [6.07, 6.45) is 6.68. The third kappa shape index (κ3) is 4.36. The Hall–Kier alpha value is -7.15. The average molecular weight is 746 g/mol. The minimum atomic E-state index is 0.595. The van der Waals surface area contributed by atoms with Crippen molar-refractivity contribution in [3.63, 3.8) is 0 Å². The predicted octanol–water partition coefficient (Wildman–Crippen LogP) is 13.5. The number of benzene rings is 7. The van der Waals surface area contributed by atoms with Crippen molar-refractivity contribution in [1.29, 1.82) is 0 Å². The zero-order chi connectivity index (χ0) is 37.2.